The van der Waals surface area contributed by atoms with Crippen molar-refractivity contribution in [3.63, 3.8) is 0 Å². The number of sulfonamides is 1. The number of anilines is 1. The largest absolute Gasteiger partial charge is 0.279 e. The number of hydrogen-bond acceptors (Lipinski definition) is 4. The Hall–Kier alpha value is -2.97. The highest BCUT2D eigenvalue weighted by molar-refractivity contribution is 7.92. The molecule has 0 aliphatic heterocycles. The van der Waals surface area contributed by atoms with E-state index in [0.29, 0.717) is 11.3 Å². The zero-order valence-electron chi connectivity index (χ0n) is 14.8. The smallest absolute Gasteiger partial charge is 0.265 e. The van der Waals surface area contributed by atoms with Gasteiger partial charge in [0, 0.05) is 0 Å². The minimum Gasteiger partial charge on any atom is -0.279 e. The van der Waals surface area contributed by atoms with Crippen LogP contribution in [0.25, 0.3) is 16.3 Å². The molecule has 0 unspecified atom stereocenters. The lowest BCUT2D eigenvalue weighted by Gasteiger charge is -2.08. The Balaban J connectivity index is 1.80. The summed E-state index contributed by atoms with van der Waals surface area (Å²) in [7, 11) is -3.98. The Morgan fingerprint density at radius 3 is 2.54 bits per heavy atom. The molecule has 0 spiro atoms. The second kappa shape index (κ2) is 7.21. The molecule has 5 nitrogen and oxygen atoms in total. The van der Waals surface area contributed by atoms with Crippen LogP contribution in [0, 0.1) is 12.7 Å². The normalized spacial score (nSPS) is 11.5. The Bertz CT molecular complexity index is 1220. The molecular weight excluding hydrogens is 397 g/mol. The van der Waals surface area contributed by atoms with E-state index in [1.165, 1.54) is 40.4 Å². The van der Waals surface area contributed by atoms with Crippen LogP contribution in [-0.4, -0.2) is 18.2 Å². The van der Waals surface area contributed by atoms with Gasteiger partial charge in [0.05, 0.1) is 22.4 Å². The number of hydrogen-bond donors (Lipinski definition) is 1. The number of aryl methyl sites for hydroxylation is 1. The van der Waals surface area contributed by atoms with Gasteiger partial charge in [-0.25, -0.2) is 17.5 Å². The Morgan fingerprint density at radius 2 is 1.86 bits per heavy atom. The predicted octanol–water partition coefficient (Wildman–Crippen LogP) is 4.85. The average molecular weight is 413 g/mol. The lowest BCUT2D eigenvalue weighted by Crippen LogP contribution is -2.13. The van der Waals surface area contributed by atoms with Crippen LogP contribution in [0.5, 0.6) is 0 Å². The second-order valence-electron chi connectivity index (χ2n) is 6.17. The molecule has 0 amide bonds. The summed E-state index contributed by atoms with van der Waals surface area (Å²) in [5.74, 6) is -0.473. The zero-order valence-corrected chi connectivity index (χ0v) is 16.5. The summed E-state index contributed by atoms with van der Waals surface area (Å²) in [6.07, 6.45) is 1.47. The molecular formula is C20H16FN3O2S2. The molecule has 28 heavy (non-hydrogen) atoms. The summed E-state index contributed by atoms with van der Waals surface area (Å²) in [4.78, 5) is 0.755. The molecule has 0 saturated heterocycles. The van der Waals surface area contributed by atoms with Gasteiger partial charge < -0.3 is 0 Å². The van der Waals surface area contributed by atoms with Crippen molar-refractivity contribution in [1.29, 1.82) is 0 Å². The number of thiophene rings is 1. The van der Waals surface area contributed by atoms with Crippen LogP contribution in [0.4, 0.5) is 10.1 Å². The molecule has 2 aromatic carbocycles. The highest BCUT2D eigenvalue weighted by Crippen LogP contribution is 2.31. The van der Waals surface area contributed by atoms with E-state index in [0.717, 1.165) is 10.6 Å². The van der Waals surface area contributed by atoms with Crippen molar-refractivity contribution in [3.05, 3.63) is 83.6 Å². The molecule has 0 aliphatic carbocycles. The van der Waals surface area contributed by atoms with Crippen molar-refractivity contribution in [2.75, 3.05) is 4.72 Å². The van der Waals surface area contributed by atoms with E-state index in [9.17, 15) is 12.8 Å². The quantitative estimate of drug-likeness (QED) is 0.509. The van der Waals surface area contributed by atoms with Crippen LogP contribution in [0.1, 0.15) is 5.56 Å². The molecule has 2 aromatic heterocycles. The van der Waals surface area contributed by atoms with E-state index in [2.05, 4.69) is 9.82 Å². The maximum Gasteiger partial charge on any atom is 0.265 e. The van der Waals surface area contributed by atoms with Crippen molar-refractivity contribution in [2.45, 2.75) is 11.8 Å². The monoisotopic (exact) mass is 413 g/mol. The van der Waals surface area contributed by atoms with Crippen molar-refractivity contribution in [3.8, 4) is 16.3 Å². The standard InChI is InChI=1S/C20H16FN3O2S2/c1-14-9-10-15(12-17(14)21)23-28(25,26)19-13-24(16-6-3-2-4-7-16)22-20(19)18-8-5-11-27-18/h2-13,23H,1H3. The van der Waals surface area contributed by atoms with E-state index >= 15 is 0 Å². The van der Waals surface area contributed by atoms with Gasteiger partial charge >= 0.3 is 0 Å². The molecule has 4 aromatic rings. The zero-order chi connectivity index (χ0) is 19.7. The number of nitrogens with zero attached hydrogens (tertiary/aromatic N) is 2. The van der Waals surface area contributed by atoms with Crippen molar-refractivity contribution < 1.29 is 12.8 Å². The molecule has 8 heteroatoms. The highest BCUT2D eigenvalue weighted by Gasteiger charge is 2.25. The second-order valence-corrected chi connectivity index (χ2v) is 8.77. The van der Waals surface area contributed by atoms with Gasteiger partial charge in [-0.05, 0) is 48.2 Å². The number of para-hydroxylation sites is 1. The number of aromatic nitrogens is 2. The third-order valence-corrected chi connectivity index (χ3v) is 6.43. The fourth-order valence-electron chi connectivity index (χ4n) is 2.72. The molecule has 0 bridgehead atoms. The number of benzene rings is 2. The molecule has 142 valence electrons. The maximum atomic E-state index is 13.8. The first-order valence-electron chi connectivity index (χ1n) is 8.42. The van der Waals surface area contributed by atoms with Crippen molar-refractivity contribution in [2.24, 2.45) is 0 Å². The molecule has 4 rings (SSSR count). The van der Waals surface area contributed by atoms with Crippen molar-refractivity contribution >= 4 is 27.0 Å². The van der Waals surface area contributed by atoms with Crippen LogP contribution >= 0.6 is 11.3 Å². The van der Waals surface area contributed by atoms with Gasteiger partial charge in [0.1, 0.15) is 16.4 Å². The van der Waals surface area contributed by atoms with Gasteiger partial charge in [0.2, 0.25) is 0 Å². The molecule has 0 aliphatic rings. The van der Waals surface area contributed by atoms with E-state index in [1.54, 1.807) is 6.92 Å². The third kappa shape index (κ3) is 3.56. The molecule has 1 N–H and O–H groups in total. The van der Waals surface area contributed by atoms with Gasteiger partial charge in [-0.15, -0.1) is 11.3 Å². The molecule has 0 radical (unpaired) electrons. The molecule has 2 heterocycles. The SMILES string of the molecule is Cc1ccc(NS(=O)(=O)c2cn(-c3ccccc3)nc2-c2cccs2)cc1F. The summed E-state index contributed by atoms with van der Waals surface area (Å²) < 4.78 is 44.0. The Labute approximate surface area is 166 Å². The van der Waals surface area contributed by atoms with E-state index in [1.807, 2.05) is 47.8 Å². The minimum absolute atomic E-state index is 0.0276. The van der Waals surface area contributed by atoms with Crippen LogP contribution in [0.2, 0.25) is 0 Å². The van der Waals surface area contributed by atoms with Gasteiger partial charge in [-0.1, -0.05) is 30.3 Å². The molecule has 0 atom stereocenters. The van der Waals surface area contributed by atoms with E-state index in [4.69, 9.17) is 0 Å². The topological polar surface area (TPSA) is 64.0 Å². The van der Waals surface area contributed by atoms with E-state index in [-0.39, 0.29) is 10.6 Å². The summed E-state index contributed by atoms with van der Waals surface area (Å²) >= 11 is 1.40. The summed E-state index contributed by atoms with van der Waals surface area (Å²) in [5.41, 5.74) is 1.69. The van der Waals surface area contributed by atoms with Gasteiger partial charge in [-0.3, -0.25) is 4.72 Å². The van der Waals surface area contributed by atoms with Gasteiger partial charge in [0.15, 0.2) is 0 Å². The maximum absolute atomic E-state index is 13.8. The Kier molecular flexibility index (Phi) is 4.74. The lowest BCUT2D eigenvalue weighted by atomic mass is 10.2. The first-order chi connectivity index (χ1) is 13.4. The lowest BCUT2D eigenvalue weighted by molar-refractivity contribution is 0.601. The van der Waals surface area contributed by atoms with E-state index < -0.39 is 15.8 Å². The van der Waals surface area contributed by atoms with Crippen molar-refractivity contribution in [1.82, 2.24) is 9.78 Å². The summed E-state index contributed by atoms with van der Waals surface area (Å²) in [6.45, 7) is 1.62. The first kappa shape index (κ1) is 18.4. The van der Waals surface area contributed by atoms with Crippen LogP contribution in [0.3, 0.4) is 0 Å². The van der Waals surface area contributed by atoms with Gasteiger partial charge in [0.25, 0.3) is 10.0 Å². The molecule has 0 fully saturated rings. The molecule has 0 saturated carbocycles. The number of nitrogens with one attached hydrogen (secondary N) is 1. The number of rotatable bonds is 5. The summed E-state index contributed by atoms with van der Waals surface area (Å²) in [5, 5.41) is 6.35. The van der Waals surface area contributed by atoms with Crippen LogP contribution in [0.15, 0.2) is 77.1 Å². The highest BCUT2D eigenvalue weighted by atomic mass is 32.2. The fourth-order valence-corrected chi connectivity index (χ4v) is 4.70. The minimum atomic E-state index is -3.98. The van der Waals surface area contributed by atoms with Gasteiger partial charge in [-0.2, -0.15) is 5.10 Å². The first-order valence-corrected chi connectivity index (χ1v) is 10.8. The fraction of sp³-hybridized carbons (Fsp3) is 0.0500. The Morgan fingerprint density at radius 1 is 1.07 bits per heavy atom. The number of halogens is 1. The summed E-state index contributed by atoms with van der Waals surface area (Å²) in [6, 6.07) is 17.1. The van der Waals surface area contributed by atoms with Crippen LogP contribution in [-0.2, 0) is 10.0 Å². The predicted molar refractivity (Wildman–Crippen MR) is 109 cm³/mol. The average Bonchev–Trinajstić information content (AvgIpc) is 3.35. The third-order valence-electron chi connectivity index (χ3n) is 4.17. The van der Waals surface area contributed by atoms with Crippen LogP contribution < -0.4 is 4.72 Å².